The van der Waals surface area contributed by atoms with E-state index in [1.807, 2.05) is 13.8 Å². The van der Waals surface area contributed by atoms with Crippen LogP contribution >= 0.6 is 0 Å². The van der Waals surface area contributed by atoms with Gasteiger partial charge in [-0.1, -0.05) is 13.8 Å². The molecule has 0 aromatic heterocycles. The van der Waals surface area contributed by atoms with E-state index in [-0.39, 0.29) is 23.1 Å². The smallest absolute Gasteiger partial charge is 0.256 e. The van der Waals surface area contributed by atoms with Crippen molar-refractivity contribution in [2.24, 2.45) is 34.9 Å². The molecule has 4 aliphatic rings. The second-order valence-electron chi connectivity index (χ2n) is 7.90. The average molecular weight is 293 g/mol. The van der Waals surface area contributed by atoms with Crippen LogP contribution in [0.3, 0.4) is 0 Å². The van der Waals surface area contributed by atoms with Gasteiger partial charge in [0.15, 0.2) is 0 Å². The van der Waals surface area contributed by atoms with Gasteiger partial charge in [0, 0.05) is 5.41 Å². The van der Waals surface area contributed by atoms with Gasteiger partial charge >= 0.3 is 0 Å². The maximum Gasteiger partial charge on any atom is 0.256 e. The summed E-state index contributed by atoms with van der Waals surface area (Å²) in [7, 11) is 0. The first kappa shape index (κ1) is 14.8. The van der Waals surface area contributed by atoms with Gasteiger partial charge in [-0.15, -0.1) is 0 Å². The van der Waals surface area contributed by atoms with Crippen LogP contribution in [0, 0.1) is 29.1 Å². The summed E-state index contributed by atoms with van der Waals surface area (Å²) < 4.78 is 0. The highest BCUT2D eigenvalue weighted by Crippen LogP contribution is 2.60. The normalized spacial score (nSPS) is 38.4. The SMILES string of the molecule is CC(C)[C@H](NC(=O)C12CC3CC(CC(C3)C1)C2)C(=O)NN. The molecule has 4 rings (SSSR count). The van der Waals surface area contributed by atoms with Crippen molar-refractivity contribution < 1.29 is 9.59 Å². The van der Waals surface area contributed by atoms with Crippen molar-refractivity contribution in [3.8, 4) is 0 Å². The number of rotatable bonds is 4. The lowest BCUT2D eigenvalue weighted by Gasteiger charge is -2.55. The highest BCUT2D eigenvalue weighted by Gasteiger charge is 2.55. The third kappa shape index (κ3) is 2.56. The van der Waals surface area contributed by atoms with Crippen LogP contribution in [0.25, 0.3) is 0 Å². The van der Waals surface area contributed by atoms with Gasteiger partial charge in [-0.25, -0.2) is 5.84 Å². The van der Waals surface area contributed by atoms with Gasteiger partial charge < -0.3 is 5.32 Å². The molecule has 5 heteroatoms. The fourth-order valence-corrected chi connectivity index (χ4v) is 5.31. The summed E-state index contributed by atoms with van der Waals surface area (Å²) in [5.74, 6) is 7.23. The van der Waals surface area contributed by atoms with Crippen molar-refractivity contribution in [2.75, 3.05) is 0 Å². The summed E-state index contributed by atoms with van der Waals surface area (Å²) in [6.45, 7) is 3.86. The number of hydrogen-bond donors (Lipinski definition) is 3. The highest BCUT2D eigenvalue weighted by molar-refractivity contribution is 5.90. The second kappa shape index (κ2) is 5.27. The standard InChI is InChI=1S/C16H27N3O2/c1-9(2)13(14(20)19-17)18-15(21)16-6-10-3-11(7-16)5-12(4-10)8-16/h9-13H,3-8,17H2,1-2H3,(H,18,21)(H,19,20)/t10?,11?,12?,13-,16?/m0/s1. The lowest BCUT2D eigenvalue weighted by atomic mass is 9.49. The summed E-state index contributed by atoms with van der Waals surface area (Å²) in [5.41, 5.74) is 1.96. The lowest BCUT2D eigenvalue weighted by molar-refractivity contribution is -0.149. The van der Waals surface area contributed by atoms with Crippen LogP contribution in [-0.4, -0.2) is 17.9 Å². The number of carbonyl (C=O) groups is 2. The Balaban J connectivity index is 1.74. The van der Waals surface area contributed by atoms with E-state index >= 15 is 0 Å². The minimum atomic E-state index is -0.532. The Bertz CT molecular complexity index is 412. The summed E-state index contributed by atoms with van der Waals surface area (Å²) in [6, 6.07) is -0.532. The third-order valence-electron chi connectivity index (χ3n) is 5.90. The Morgan fingerprint density at radius 2 is 1.52 bits per heavy atom. The molecule has 5 nitrogen and oxygen atoms in total. The molecule has 0 unspecified atom stereocenters. The van der Waals surface area contributed by atoms with Gasteiger partial charge in [-0.2, -0.15) is 0 Å². The van der Waals surface area contributed by atoms with E-state index in [1.54, 1.807) is 0 Å². The summed E-state index contributed by atoms with van der Waals surface area (Å²) >= 11 is 0. The van der Waals surface area contributed by atoms with E-state index in [0.29, 0.717) is 0 Å². The van der Waals surface area contributed by atoms with Gasteiger partial charge in [0.2, 0.25) is 5.91 Å². The van der Waals surface area contributed by atoms with Crippen molar-refractivity contribution in [3.05, 3.63) is 0 Å². The van der Waals surface area contributed by atoms with Gasteiger partial charge in [0.25, 0.3) is 5.91 Å². The van der Waals surface area contributed by atoms with E-state index in [1.165, 1.54) is 19.3 Å². The Labute approximate surface area is 126 Å². The van der Waals surface area contributed by atoms with Crippen molar-refractivity contribution >= 4 is 11.8 Å². The molecule has 4 bridgehead atoms. The molecule has 4 aliphatic carbocycles. The van der Waals surface area contributed by atoms with Crippen LogP contribution in [0.5, 0.6) is 0 Å². The van der Waals surface area contributed by atoms with Crippen LogP contribution in [-0.2, 0) is 9.59 Å². The first-order valence-corrected chi connectivity index (χ1v) is 8.25. The zero-order valence-electron chi connectivity index (χ0n) is 13.0. The van der Waals surface area contributed by atoms with Crippen LogP contribution in [0.4, 0.5) is 0 Å². The predicted molar refractivity (Wildman–Crippen MR) is 79.7 cm³/mol. The Morgan fingerprint density at radius 3 is 1.90 bits per heavy atom. The van der Waals surface area contributed by atoms with E-state index in [0.717, 1.165) is 37.0 Å². The molecular weight excluding hydrogens is 266 g/mol. The molecule has 1 atom stereocenters. The summed E-state index contributed by atoms with van der Waals surface area (Å²) in [4.78, 5) is 24.8. The van der Waals surface area contributed by atoms with E-state index in [9.17, 15) is 9.59 Å². The average Bonchev–Trinajstić information content (AvgIpc) is 2.41. The van der Waals surface area contributed by atoms with E-state index in [2.05, 4.69) is 10.7 Å². The number of hydrazine groups is 1. The largest absolute Gasteiger partial charge is 0.344 e. The predicted octanol–water partition coefficient (Wildman–Crippen LogP) is 1.33. The first-order valence-electron chi connectivity index (χ1n) is 8.25. The topological polar surface area (TPSA) is 84.2 Å². The van der Waals surface area contributed by atoms with E-state index in [4.69, 9.17) is 5.84 Å². The van der Waals surface area contributed by atoms with Gasteiger partial charge in [-0.05, 0) is 62.2 Å². The fraction of sp³-hybridized carbons (Fsp3) is 0.875. The van der Waals surface area contributed by atoms with Gasteiger partial charge in [0.05, 0.1) is 0 Å². The zero-order chi connectivity index (χ0) is 15.2. The van der Waals surface area contributed by atoms with Crippen LogP contribution in [0.15, 0.2) is 0 Å². The van der Waals surface area contributed by atoms with Crippen molar-refractivity contribution in [1.82, 2.24) is 10.7 Å². The molecule has 0 spiro atoms. The quantitative estimate of drug-likeness (QED) is 0.415. The zero-order valence-corrected chi connectivity index (χ0v) is 13.0. The second-order valence-corrected chi connectivity index (χ2v) is 7.90. The molecule has 4 N–H and O–H groups in total. The number of nitrogens with two attached hydrogens (primary N) is 1. The molecule has 21 heavy (non-hydrogen) atoms. The lowest BCUT2D eigenvalue weighted by Crippen LogP contribution is -2.59. The van der Waals surface area contributed by atoms with Crippen molar-refractivity contribution in [2.45, 2.75) is 58.4 Å². The summed E-state index contributed by atoms with van der Waals surface area (Å²) in [6.07, 6.45) is 6.97. The molecular formula is C16H27N3O2. The Hall–Kier alpha value is -1.10. The maximum absolute atomic E-state index is 12.9. The first-order chi connectivity index (χ1) is 9.93. The number of hydrogen-bond acceptors (Lipinski definition) is 3. The minimum Gasteiger partial charge on any atom is -0.344 e. The third-order valence-corrected chi connectivity index (χ3v) is 5.90. The fourth-order valence-electron chi connectivity index (χ4n) is 5.31. The van der Waals surface area contributed by atoms with Gasteiger partial charge in [-0.3, -0.25) is 15.0 Å². The van der Waals surface area contributed by atoms with Crippen LogP contribution in [0.1, 0.15) is 52.4 Å². The Morgan fingerprint density at radius 1 is 1.05 bits per heavy atom. The number of carbonyl (C=O) groups excluding carboxylic acids is 2. The number of nitrogens with one attached hydrogen (secondary N) is 2. The van der Waals surface area contributed by atoms with Gasteiger partial charge in [0.1, 0.15) is 6.04 Å². The van der Waals surface area contributed by atoms with Crippen LogP contribution < -0.4 is 16.6 Å². The maximum atomic E-state index is 12.9. The molecule has 0 aromatic carbocycles. The van der Waals surface area contributed by atoms with E-state index < -0.39 is 6.04 Å². The summed E-state index contributed by atoms with van der Waals surface area (Å²) in [5, 5.41) is 2.99. The molecule has 0 aromatic rings. The monoisotopic (exact) mass is 293 g/mol. The molecule has 4 fully saturated rings. The molecule has 2 amide bonds. The molecule has 0 radical (unpaired) electrons. The molecule has 0 heterocycles. The minimum absolute atomic E-state index is 0.0337. The molecule has 118 valence electrons. The molecule has 0 saturated heterocycles. The van der Waals surface area contributed by atoms with Crippen molar-refractivity contribution in [1.29, 1.82) is 0 Å². The molecule has 0 aliphatic heterocycles. The Kier molecular flexibility index (Phi) is 3.72. The van der Waals surface area contributed by atoms with Crippen LogP contribution in [0.2, 0.25) is 0 Å². The number of amides is 2. The van der Waals surface area contributed by atoms with Crippen molar-refractivity contribution in [3.63, 3.8) is 0 Å². The molecule has 4 saturated carbocycles. The highest BCUT2D eigenvalue weighted by atomic mass is 16.2.